The molecule has 0 fully saturated rings. The first kappa shape index (κ1) is 13.8. The lowest BCUT2D eigenvalue weighted by molar-refractivity contribution is 0.992. The van der Waals surface area contributed by atoms with E-state index in [1.54, 1.807) is 0 Å². The van der Waals surface area contributed by atoms with E-state index in [1.807, 2.05) is 30.0 Å². The highest BCUT2D eigenvalue weighted by Gasteiger charge is 2.04. The van der Waals surface area contributed by atoms with Gasteiger partial charge in [0.25, 0.3) is 0 Å². The Kier molecular flexibility index (Phi) is 6.16. The number of hydrogen-bond acceptors (Lipinski definition) is 3. The molecule has 0 saturated carbocycles. The van der Waals surface area contributed by atoms with Crippen molar-refractivity contribution in [3.05, 3.63) is 28.2 Å². The zero-order valence-electron chi connectivity index (χ0n) is 9.13. The molecule has 0 unspecified atom stereocenters. The highest BCUT2D eigenvalue weighted by Crippen LogP contribution is 2.21. The molecule has 0 saturated heterocycles. The molecule has 5 heteroatoms. The first-order chi connectivity index (χ1) is 7.65. The summed E-state index contributed by atoms with van der Waals surface area (Å²) in [6.07, 6.45) is 3.24. The van der Waals surface area contributed by atoms with Crippen molar-refractivity contribution in [3.8, 4) is 0 Å². The summed E-state index contributed by atoms with van der Waals surface area (Å²) in [7, 11) is 0. The van der Waals surface area contributed by atoms with Crippen molar-refractivity contribution >= 4 is 50.6 Å². The molecule has 1 aromatic carbocycles. The van der Waals surface area contributed by atoms with Gasteiger partial charge in [-0.1, -0.05) is 28.1 Å². The topological polar surface area (TPSA) is 38.0 Å². The normalized spacial score (nSPS) is 10.1. The number of hydrogen-bond donors (Lipinski definition) is 2. The number of thiocarbonyl (C=S) groups is 1. The van der Waals surface area contributed by atoms with Crippen molar-refractivity contribution < 1.29 is 0 Å². The lowest BCUT2D eigenvalue weighted by Crippen LogP contribution is -2.14. The van der Waals surface area contributed by atoms with E-state index in [2.05, 4.69) is 27.5 Å². The molecule has 3 N–H and O–H groups in total. The van der Waals surface area contributed by atoms with Crippen LogP contribution in [0, 0.1) is 0 Å². The van der Waals surface area contributed by atoms with Crippen molar-refractivity contribution in [2.75, 3.05) is 23.9 Å². The fourth-order valence-electron chi connectivity index (χ4n) is 1.32. The van der Waals surface area contributed by atoms with Gasteiger partial charge in [0.15, 0.2) is 0 Å². The molecule has 2 nitrogen and oxygen atoms in total. The molecule has 0 spiro atoms. The van der Waals surface area contributed by atoms with Gasteiger partial charge in [-0.25, -0.2) is 0 Å². The molecule has 0 aliphatic heterocycles. The number of halogens is 1. The molecule has 1 aromatic rings. The van der Waals surface area contributed by atoms with Crippen LogP contribution in [0.15, 0.2) is 22.7 Å². The number of rotatable bonds is 6. The van der Waals surface area contributed by atoms with Crippen molar-refractivity contribution in [1.29, 1.82) is 0 Å². The Morgan fingerprint density at radius 2 is 2.31 bits per heavy atom. The molecule has 0 aliphatic rings. The monoisotopic (exact) mass is 318 g/mol. The van der Waals surface area contributed by atoms with Gasteiger partial charge in [0.05, 0.1) is 0 Å². The maximum atomic E-state index is 5.67. The van der Waals surface area contributed by atoms with Crippen LogP contribution in [0.3, 0.4) is 0 Å². The Morgan fingerprint density at radius 1 is 1.56 bits per heavy atom. The molecule has 0 atom stereocenters. The predicted octanol–water partition coefficient (Wildman–Crippen LogP) is 3.25. The summed E-state index contributed by atoms with van der Waals surface area (Å²) in [5.74, 6) is 1.16. The quantitative estimate of drug-likeness (QED) is 0.623. The van der Waals surface area contributed by atoms with Gasteiger partial charge in [0.1, 0.15) is 4.99 Å². The number of nitrogens with one attached hydrogen (secondary N) is 1. The average molecular weight is 319 g/mol. The lowest BCUT2D eigenvalue weighted by atomic mass is 10.2. The Morgan fingerprint density at radius 3 is 2.94 bits per heavy atom. The van der Waals surface area contributed by atoms with E-state index in [0.29, 0.717) is 4.99 Å². The van der Waals surface area contributed by atoms with E-state index in [-0.39, 0.29) is 0 Å². The largest absolute Gasteiger partial charge is 0.389 e. The predicted molar refractivity (Wildman–Crippen MR) is 81.5 cm³/mol. The minimum absolute atomic E-state index is 0.430. The third-order valence-electron chi connectivity index (χ3n) is 2.09. The van der Waals surface area contributed by atoms with Crippen molar-refractivity contribution in [2.24, 2.45) is 5.73 Å². The van der Waals surface area contributed by atoms with E-state index in [9.17, 15) is 0 Å². The molecule has 0 radical (unpaired) electrons. The van der Waals surface area contributed by atoms with Crippen LogP contribution in [0.2, 0.25) is 0 Å². The van der Waals surface area contributed by atoms with Crippen LogP contribution in [-0.2, 0) is 0 Å². The van der Waals surface area contributed by atoms with E-state index in [0.717, 1.165) is 34.4 Å². The first-order valence-corrected chi connectivity index (χ1v) is 7.57. The van der Waals surface area contributed by atoms with Gasteiger partial charge in [-0.05, 0) is 36.6 Å². The maximum Gasteiger partial charge on any atom is 0.106 e. The molecule has 0 amide bonds. The fraction of sp³-hybridized carbons (Fsp3) is 0.364. The summed E-state index contributed by atoms with van der Waals surface area (Å²) in [6.45, 7) is 0.937. The van der Waals surface area contributed by atoms with Crippen molar-refractivity contribution in [2.45, 2.75) is 6.42 Å². The molecular formula is C11H15BrN2S2. The van der Waals surface area contributed by atoms with Gasteiger partial charge in [0, 0.05) is 22.3 Å². The number of thioether (sulfide) groups is 1. The van der Waals surface area contributed by atoms with E-state index in [4.69, 9.17) is 18.0 Å². The fourth-order valence-corrected chi connectivity index (χ4v) is 2.29. The van der Waals surface area contributed by atoms with Crippen LogP contribution < -0.4 is 11.1 Å². The first-order valence-electron chi connectivity index (χ1n) is 4.97. The number of anilines is 1. The molecular weight excluding hydrogens is 304 g/mol. The van der Waals surface area contributed by atoms with E-state index in [1.165, 1.54) is 0 Å². The highest BCUT2D eigenvalue weighted by molar-refractivity contribution is 9.10. The van der Waals surface area contributed by atoms with Crippen molar-refractivity contribution in [3.63, 3.8) is 0 Å². The molecule has 88 valence electrons. The third kappa shape index (κ3) is 4.31. The van der Waals surface area contributed by atoms with Gasteiger partial charge < -0.3 is 11.1 Å². The number of benzene rings is 1. The second-order valence-corrected chi connectivity index (χ2v) is 5.67. The zero-order chi connectivity index (χ0) is 12.0. The van der Waals surface area contributed by atoms with E-state index >= 15 is 0 Å². The second kappa shape index (κ2) is 7.14. The van der Waals surface area contributed by atoms with Gasteiger partial charge in [0.2, 0.25) is 0 Å². The average Bonchev–Trinajstić information content (AvgIpc) is 2.24. The Hall–Kier alpha value is -0.260. The molecule has 0 aliphatic carbocycles. The summed E-state index contributed by atoms with van der Waals surface area (Å²) in [6, 6.07) is 5.89. The van der Waals surface area contributed by atoms with E-state index < -0.39 is 0 Å². The summed E-state index contributed by atoms with van der Waals surface area (Å²) in [5.41, 5.74) is 7.57. The third-order valence-corrected chi connectivity index (χ3v) is 3.50. The summed E-state index contributed by atoms with van der Waals surface area (Å²) in [4.78, 5) is 0.430. The maximum absolute atomic E-state index is 5.67. The SMILES string of the molecule is CSCCCNc1cc(Br)ccc1C(N)=S. The smallest absolute Gasteiger partial charge is 0.106 e. The van der Waals surface area contributed by atoms with Crippen LogP contribution in [0.5, 0.6) is 0 Å². The zero-order valence-corrected chi connectivity index (χ0v) is 12.3. The highest BCUT2D eigenvalue weighted by atomic mass is 79.9. The van der Waals surface area contributed by atoms with Gasteiger partial charge in [-0.15, -0.1) is 0 Å². The summed E-state index contributed by atoms with van der Waals surface area (Å²) in [5, 5.41) is 3.36. The molecule has 0 bridgehead atoms. The molecule has 1 rings (SSSR count). The standard InChI is InChI=1S/C11H15BrN2S2/c1-16-6-2-5-14-10-7-8(12)3-4-9(10)11(13)15/h3-4,7,14H,2,5-6H2,1H3,(H2,13,15). The molecule has 0 heterocycles. The van der Waals surface area contributed by atoms with Gasteiger partial charge in [-0.3, -0.25) is 0 Å². The van der Waals surface area contributed by atoms with Crippen molar-refractivity contribution in [1.82, 2.24) is 0 Å². The lowest BCUT2D eigenvalue weighted by Gasteiger charge is -2.11. The minimum Gasteiger partial charge on any atom is -0.389 e. The second-order valence-electron chi connectivity index (χ2n) is 3.33. The van der Waals surface area contributed by atoms with Gasteiger partial charge in [-0.2, -0.15) is 11.8 Å². The van der Waals surface area contributed by atoms with Crippen LogP contribution >= 0.6 is 39.9 Å². The summed E-state index contributed by atoms with van der Waals surface area (Å²) >= 11 is 10.3. The van der Waals surface area contributed by atoms with Gasteiger partial charge >= 0.3 is 0 Å². The minimum atomic E-state index is 0.430. The number of nitrogens with two attached hydrogens (primary N) is 1. The van der Waals surface area contributed by atoms with Crippen LogP contribution in [0.25, 0.3) is 0 Å². The van der Waals surface area contributed by atoms with Crippen LogP contribution in [-0.4, -0.2) is 23.5 Å². The Labute approximate surface area is 114 Å². The summed E-state index contributed by atoms with van der Waals surface area (Å²) < 4.78 is 1.03. The molecule has 16 heavy (non-hydrogen) atoms. The molecule has 0 aromatic heterocycles. The van der Waals surface area contributed by atoms with Crippen LogP contribution in [0.1, 0.15) is 12.0 Å². The Balaban J connectivity index is 2.68. The Bertz CT molecular complexity index is 369. The van der Waals surface area contributed by atoms with Crippen LogP contribution in [0.4, 0.5) is 5.69 Å².